The van der Waals surface area contributed by atoms with Crippen molar-refractivity contribution in [2.75, 3.05) is 19.0 Å². The minimum atomic E-state index is -0.0489. The zero-order valence-corrected chi connectivity index (χ0v) is 11.2. The van der Waals surface area contributed by atoms with Crippen LogP contribution in [0.2, 0.25) is 0 Å². The second-order valence-electron chi connectivity index (χ2n) is 4.55. The minimum Gasteiger partial charge on any atom is -0.342 e. The lowest BCUT2D eigenvalue weighted by Crippen LogP contribution is -2.30. The van der Waals surface area contributed by atoms with Gasteiger partial charge in [0, 0.05) is 25.6 Å². The fourth-order valence-corrected chi connectivity index (χ4v) is 2.44. The van der Waals surface area contributed by atoms with Gasteiger partial charge in [0.1, 0.15) is 0 Å². The molecule has 1 aromatic rings. The van der Waals surface area contributed by atoms with Crippen LogP contribution in [0.25, 0.3) is 0 Å². The van der Waals surface area contributed by atoms with Crippen molar-refractivity contribution in [3.05, 3.63) is 34.9 Å². The van der Waals surface area contributed by atoms with Crippen LogP contribution in [0.15, 0.2) is 18.2 Å². The average molecular weight is 266 g/mol. The Balaban J connectivity index is 2.23. The van der Waals surface area contributed by atoms with Gasteiger partial charge in [-0.15, -0.1) is 11.6 Å². The van der Waals surface area contributed by atoms with Gasteiger partial charge < -0.3 is 4.90 Å². The lowest BCUT2D eigenvalue weighted by Gasteiger charge is -2.17. The van der Waals surface area contributed by atoms with Crippen molar-refractivity contribution in [2.24, 2.45) is 0 Å². The highest BCUT2D eigenvalue weighted by Crippen LogP contribution is 2.18. The molecule has 18 heavy (non-hydrogen) atoms. The Kier molecular flexibility index (Phi) is 4.02. The maximum atomic E-state index is 11.6. The van der Waals surface area contributed by atoms with Crippen LogP contribution in [0.1, 0.15) is 28.4 Å². The molecular weight excluding hydrogens is 250 g/mol. The largest absolute Gasteiger partial charge is 0.342 e. The lowest BCUT2D eigenvalue weighted by atomic mass is 9.99. The zero-order valence-electron chi connectivity index (χ0n) is 10.4. The number of rotatable bonds is 2. The lowest BCUT2D eigenvalue weighted by molar-refractivity contribution is -0.128. The number of hydrogen-bond acceptors (Lipinski definition) is 2. The molecule has 0 unspecified atom stereocenters. The summed E-state index contributed by atoms with van der Waals surface area (Å²) >= 11 is 5.56. The second kappa shape index (κ2) is 5.53. The molecule has 0 aromatic heterocycles. The minimum absolute atomic E-state index is 0.0123. The summed E-state index contributed by atoms with van der Waals surface area (Å²) in [6.07, 6.45) is 1.66. The Bertz CT molecular complexity index is 485. The van der Waals surface area contributed by atoms with E-state index in [1.54, 1.807) is 6.92 Å². The summed E-state index contributed by atoms with van der Waals surface area (Å²) < 4.78 is 0. The summed E-state index contributed by atoms with van der Waals surface area (Å²) in [6, 6.07) is 5.73. The molecule has 0 atom stereocenters. The predicted molar refractivity (Wildman–Crippen MR) is 71.2 cm³/mol. The average Bonchev–Trinajstić information content (AvgIpc) is 2.59. The van der Waals surface area contributed by atoms with E-state index in [1.165, 1.54) is 5.56 Å². The number of hydrogen-bond donors (Lipinski definition) is 0. The molecule has 0 fully saturated rings. The number of carbonyl (C=O) groups excluding carboxylic acids is 2. The number of carbonyl (C=O) groups is 2. The van der Waals surface area contributed by atoms with Gasteiger partial charge in [-0.2, -0.15) is 0 Å². The zero-order chi connectivity index (χ0) is 13.1. The van der Waals surface area contributed by atoms with Gasteiger partial charge in [0.05, 0.1) is 5.88 Å². The number of alkyl halides is 1. The molecule has 3 nitrogen and oxygen atoms in total. The first-order chi connectivity index (χ1) is 8.61. The fourth-order valence-electron chi connectivity index (χ4n) is 2.29. The molecule has 1 amide bonds. The van der Waals surface area contributed by atoms with Crippen LogP contribution < -0.4 is 0 Å². The van der Waals surface area contributed by atoms with E-state index in [9.17, 15) is 9.59 Å². The van der Waals surface area contributed by atoms with Crippen molar-refractivity contribution in [2.45, 2.75) is 19.8 Å². The summed E-state index contributed by atoms with van der Waals surface area (Å²) in [6.45, 7) is 3.07. The molecule has 0 saturated heterocycles. The number of ketones is 1. The van der Waals surface area contributed by atoms with Crippen molar-refractivity contribution in [1.29, 1.82) is 0 Å². The Labute approximate surface area is 112 Å². The van der Waals surface area contributed by atoms with Crippen LogP contribution in [0.4, 0.5) is 0 Å². The Morgan fingerprint density at radius 3 is 2.50 bits per heavy atom. The third kappa shape index (κ3) is 2.72. The van der Waals surface area contributed by atoms with Gasteiger partial charge in [0.15, 0.2) is 5.78 Å². The maximum Gasteiger partial charge on any atom is 0.219 e. The van der Waals surface area contributed by atoms with Gasteiger partial charge in [-0.05, 0) is 30.0 Å². The summed E-state index contributed by atoms with van der Waals surface area (Å²) in [5.74, 6) is 0.0743. The van der Waals surface area contributed by atoms with E-state index >= 15 is 0 Å². The number of nitrogens with zero attached hydrogens (tertiary/aromatic N) is 1. The number of Topliss-reactive ketones (excluding diaryl/α,β-unsaturated/α-hetero) is 1. The summed E-state index contributed by atoms with van der Waals surface area (Å²) in [4.78, 5) is 24.8. The smallest absolute Gasteiger partial charge is 0.219 e. The van der Waals surface area contributed by atoms with Crippen molar-refractivity contribution in [1.82, 2.24) is 4.90 Å². The molecule has 0 aliphatic carbocycles. The van der Waals surface area contributed by atoms with Crippen molar-refractivity contribution in [3.63, 3.8) is 0 Å². The summed E-state index contributed by atoms with van der Waals surface area (Å²) in [5.41, 5.74) is 3.06. The first kappa shape index (κ1) is 13.1. The molecule has 4 heteroatoms. The van der Waals surface area contributed by atoms with E-state index < -0.39 is 0 Å². The molecule has 0 saturated carbocycles. The van der Waals surface area contributed by atoms with E-state index in [4.69, 9.17) is 11.6 Å². The Morgan fingerprint density at radius 2 is 1.89 bits per heavy atom. The van der Waals surface area contributed by atoms with E-state index in [2.05, 4.69) is 0 Å². The fraction of sp³-hybridized carbons (Fsp3) is 0.429. The number of halogens is 1. The molecule has 0 spiro atoms. The van der Waals surface area contributed by atoms with Crippen LogP contribution in [-0.4, -0.2) is 35.6 Å². The van der Waals surface area contributed by atoms with Crippen molar-refractivity contribution < 1.29 is 9.59 Å². The van der Waals surface area contributed by atoms with Gasteiger partial charge in [0.2, 0.25) is 5.91 Å². The standard InChI is InChI=1S/C14H16ClNO2/c1-10(17)16-6-4-11-2-3-13(14(18)9-15)8-12(11)5-7-16/h2-3,8H,4-7,9H2,1H3. The topological polar surface area (TPSA) is 37.4 Å². The third-order valence-corrected chi connectivity index (χ3v) is 3.64. The molecule has 0 radical (unpaired) electrons. The molecular formula is C14H16ClNO2. The first-order valence-electron chi connectivity index (χ1n) is 6.08. The van der Waals surface area contributed by atoms with Crippen LogP contribution in [0.3, 0.4) is 0 Å². The number of benzene rings is 1. The van der Waals surface area contributed by atoms with E-state index in [0.29, 0.717) is 5.56 Å². The summed E-state index contributed by atoms with van der Waals surface area (Å²) in [5, 5.41) is 0. The van der Waals surface area contributed by atoms with E-state index in [-0.39, 0.29) is 17.6 Å². The molecule has 0 N–H and O–H groups in total. The van der Waals surface area contributed by atoms with Crippen molar-refractivity contribution >= 4 is 23.3 Å². The molecule has 2 rings (SSSR count). The van der Waals surface area contributed by atoms with E-state index in [1.807, 2.05) is 23.1 Å². The highest BCUT2D eigenvalue weighted by atomic mass is 35.5. The SMILES string of the molecule is CC(=O)N1CCc2ccc(C(=O)CCl)cc2CC1. The first-order valence-corrected chi connectivity index (χ1v) is 6.61. The molecule has 1 aliphatic rings. The van der Waals surface area contributed by atoms with Crippen molar-refractivity contribution in [3.8, 4) is 0 Å². The van der Waals surface area contributed by atoms with Gasteiger partial charge in [-0.25, -0.2) is 0 Å². The highest BCUT2D eigenvalue weighted by Gasteiger charge is 2.16. The van der Waals surface area contributed by atoms with Gasteiger partial charge >= 0.3 is 0 Å². The quantitative estimate of drug-likeness (QED) is 0.606. The monoisotopic (exact) mass is 265 g/mol. The third-order valence-electron chi connectivity index (χ3n) is 3.40. The summed E-state index contributed by atoms with van der Waals surface area (Å²) in [7, 11) is 0. The van der Waals surface area contributed by atoms with Gasteiger partial charge in [0.25, 0.3) is 0 Å². The van der Waals surface area contributed by atoms with Crippen LogP contribution in [0, 0.1) is 0 Å². The molecule has 0 bridgehead atoms. The van der Waals surface area contributed by atoms with E-state index in [0.717, 1.165) is 31.5 Å². The Morgan fingerprint density at radius 1 is 1.22 bits per heavy atom. The van der Waals surface area contributed by atoms with Crippen LogP contribution in [0.5, 0.6) is 0 Å². The normalized spacial score (nSPS) is 14.9. The number of amides is 1. The van der Waals surface area contributed by atoms with Crippen LogP contribution in [-0.2, 0) is 17.6 Å². The molecule has 1 aliphatic heterocycles. The molecule has 1 aromatic carbocycles. The highest BCUT2D eigenvalue weighted by molar-refractivity contribution is 6.30. The van der Waals surface area contributed by atoms with Crippen LogP contribution >= 0.6 is 11.6 Å². The Hall–Kier alpha value is -1.35. The molecule has 96 valence electrons. The van der Waals surface area contributed by atoms with Gasteiger partial charge in [-0.1, -0.05) is 12.1 Å². The maximum absolute atomic E-state index is 11.6. The molecule has 1 heterocycles. The number of fused-ring (bicyclic) bond motifs is 1. The van der Waals surface area contributed by atoms with Gasteiger partial charge in [-0.3, -0.25) is 9.59 Å². The predicted octanol–water partition coefficient (Wildman–Crippen LogP) is 2.06. The second-order valence-corrected chi connectivity index (χ2v) is 4.81.